The molecule has 132 valence electrons. The molecule has 0 unspecified atom stereocenters. The van der Waals surface area contributed by atoms with E-state index in [1.54, 1.807) is 6.07 Å². The lowest BCUT2D eigenvalue weighted by Crippen LogP contribution is -2.14. The molecule has 0 aliphatic rings. The summed E-state index contributed by atoms with van der Waals surface area (Å²) in [5, 5.41) is 12.6. The number of phenols is 1. The zero-order valence-electron chi connectivity index (χ0n) is 14.2. The van der Waals surface area contributed by atoms with Gasteiger partial charge in [-0.25, -0.2) is 0 Å². The molecule has 5 nitrogen and oxygen atoms in total. The smallest absolute Gasteiger partial charge is 0.250 e. The molecule has 0 aliphatic heterocycles. The third kappa shape index (κ3) is 4.54. The minimum absolute atomic E-state index is 0.00395. The van der Waals surface area contributed by atoms with Crippen LogP contribution in [0.4, 0.5) is 5.69 Å². The van der Waals surface area contributed by atoms with Crippen LogP contribution in [-0.2, 0) is 13.2 Å². The summed E-state index contributed by atoms with van der Waals surface area (Å²) in [6.07, 6.45) is 0. The summed E-state index contributed by atoms with van der Waals surface area (Å²) >= 11 is 0. The van der Waals surface area contributed by atoms with Gasteiger partial charge in [0, 0.05) is 12.2 Å². The number of hydrogen-bond donors (Lipinski definition) is 3. The third-order valence-electron chi connectivity index (χ3n) is 3.92. The Morgan fingerprint density at radius 3 is 2.38 bits per heavy atom. The molecule has 0 bridgehead atoms. The minimum atomic E-state index is -0.590. The van der Waals surface area contributed by atoms with E-state index in [9.17, 15) is 9.90 Å². The van der Waals surface area contributed by atoms with Crippen molar-refractivity contribution in [2.24, 2.45) is 5.73 Å². The quantitative estimate of drug-likeness (QED) is 0.569. The average molecular weight is 348 g/mol. The molecule has 0 saturated heterocycles. The molecule has 3 aromatic carbocycles. The van der Waals surface area contributed by atoms with Crippen LogP contribution in [0, 0.1) is 0 Å². The predicted octanol–water partition coefficient (Wildman–Crippen LogP) is 3.68. The number of primary amides is 1. The van der Waals surface area contributed by atoms with E-state index in [1.165, 1.54) is 12.1 Å². The number of nitrogens with two attached hydrogens (primary N) is 1. The van der Waals surface area contributed by atoms with Gasteiger partial charge in [0.2, 0.25) is 0 Å². The number of phenolic OH excluding ortho intramolecular Hbond substituents is 1. The van der Waals surface area contributed by atoms with E-state index in [0.29, 0.717) is 18.8 Å². The lowest BCUT2D eigenvalue weighted by atomic mass is 10.1. The second-order valence-corrected chi connectivity index (χ2v) is 5.87. The number of hydrogen-bond acceptors (Lipinski definition) is 4. The lowest BCUT2D eigenvalue weighted by molar-refractivity contribution is 0.100. The standard InChI is InChI=1S/C21H20N2O3/c22-21(25)19-12-17(24)8-11-20(19)23-13-15-6-9-18(10-7-15)26-14-16-4-2-1-3-5-16/h1-12,23-24H,13-14H2,(H2,22,25). The highest BCUT2D eigenvalue weighted by Gasteiger charge is 2.09. The first-order valence-corrected chi connectivity index (χ1v) is 8.24. The summed E-state index contributed by atoms with van der Waals surface area (Å²) in [5.41, 5.74) is 8.33. The maximum atomic E-state index is 11.5. The highest BCUT2D eigenvalue weighted by atomic mass is 16.5. The summed E-state index contributed by atoms with van der Waals surface area (Å²) in [6, 6.07) is 22.2. The van der Waals surface area contributed by atoms with Gasteiger partial charge in [-0.05, 0) is 41.5 Å². The van der Waals surface area contributed by atoms with Crippen molar-refractivity contribution >= 4 is 11.6 Å². The van der Waals surface area contributed by atoms with Crippen molar-refractivity contribution in [2.45, 2.75) is 13.2 Å². The molecule has 0 spiro atoms. The van der Waals surface area contributed by atoms with Gasteiger partial charge in [-0.2, -0.15) is 0 Å². The Kier molecular flexibility index (Phi) is 5.39. The van der Waals surface area contributed by atoms with Gasteiger partial charge in [0.1, 0.15) is 18.1 Å². The van der Waals surface area contributed by atoms with Crippen molar-refractivity contribution in [3.05, 3.63) is 89.5 Å². The fraction of sp³-hybridized carbons (Fsp3) is 0.0952. The summed E-state index contributed by atoms with van der Waals surface area (Å²) in [4.78, 5) is 11.5. The van der Waals surface area contributed by atoms with Crippen LogP contribution < -0.4 is 15.8 Å². The van der Waals surface area contributed by atoms with Crippen LogP contribution in [0.1, 0.15) is 21.5 Å². The van der Waals surface area contributed by atoms with Crippen LogP contribution in [0.25, 0.3) is 0 Å². The van der Waals surface area contributed by atoms with E-state index >= 15 is 0 Å². The van der Waals surface area contributed by atoms with Crippen LogP contribution in [0.15, 0.2) is 72.8 Å². The van der Waals surface area contributed by atoms with E-state index in [2.05, 4.69) is 5.32 Å². The number of ether oxygens (including phenoxy) is 1. The molecule has 0 aromatic heterocycles. The van der Waals surface area contributed by atoms with E-state index in [4.69, 9.17) is 10.5 Å². The highest BCUT2D eigenvalue weighted by molar-refractivity contribution is 5.98. The minimum Gasteiger partial charge on any atom is -0.508 e. The molecule has 0 saturated carbocycles. The molecule has 1 amide bonds. The molecule has 0 heterocycles. The molecule has 5 heteroatoms. The molecule has 0 aliphatic carbocycles. The van der Waals surface area contributed by atoms with Gasteiger partial charge in [0.15, 0.2) is 0 Å². The first-order chi connectivity index (χ1) is 12.6. The molecule has 3 rings (SSSR count). The van der Waals surface area contributed by atoms with Gasteiger partial charge < -0.3 is 20.9 Å². The normalized spacial score (nSPS) is 10.3. The van der Waals surface area contributed by atoms with E-state index < -0.39 is 5.91 Å². The SMILES string of the molecule is NC(=O)c1cc(O)ccc1NCc1ccc(OCc2ccccc2)cc1. The van der Waals surface area contributed by atoms with Gasteiger partial charge in [-0.15, -0.1) is 0 Å². The molecular weight excluding hydrogens is 328 g/mol. The Morgan fingerprint density at radius 1 is 0.962 bits per heavy atom. The van der Waals surface area contributed by atoms with Crippen LogP contribution in [0.3, 0.4) is 0 Å². The van der Waals surface area contributed by atoms with Crippen molar-refractivity contribution in [3.8, 4) is 11.5 Å². The molecule has 3 aromatic rings. The Balaban J connectivity index is 1.59. The first-order valence-electron chi connectivity index (χ1n) is 8.24. The van der Waals surface area contributed by atoms with Crippen molar-refractivity contribution in [3.63, 3.8) is 0 Å². The third-order valence-corrected chi connectivity index (χ3v) is 3.92. The van der Waals surface area contributed by atoms with Gasteiger partial charge in [0.25, 0.3) is 5.91 Å². The summed E-state index contributed by atoms with van der Waals surface area (Å²) in [5.74, 6) is 0.206. The molecule has 4 N–H and O–H groups in total. The maximum absolute atomic E-state index is 11.5. The number of rotatable bonds is 7. The number of nitrogens with one attached hydrogen (secondary N) is 1. The van der Waals surface area contributed by atoms with E-state index in [-0.39, 0.29) is 11.3 Å². The highest BCUT2D eigenvalue weighted by Crippen LogP contribution is 2.22. The van der Waals surface area contributed by atoms with Crippen molar-refractivity contribution < 1.29 is 14.6 Å². The van der Waals surface area contributed by atoms with Crippen LogP contribution in [0.2, 0.25) is 0 Å². The Hall–Kier alpha value is -3.47. The summed E-state index contributed by atoms with van der Waals surface area (Å²) in [7, 11) is 0. The monoisotopic (exact) mass is 348 g/mol. The van der Waals surface area contributed by atoms with Gasteiger partial charge in [-0.3, -0.25) is 4.79 Å². The molecule has 26 heavy (non-hydrogen) atoms. The van der Waals surface area contributed by atoms with Crippen LogP contribution in [0.5, 0.6) is 11.5 Å². The van der Waals surface area contributed by atoms with Crippen molar-refractivity contribution in [1.29, 1.82) is 0 Å². The van der Waals surface area contributed by atoms with Crippen LogP contribution in [-0.4, -0.2) is 11.0 Å². The topological polar surface area (TPSA) is 84.6 Å². The Labute approximate surface area is 152 Å². The average Bonchev–Trinajstić information content (AvgIpc) is 2.67. The largest absolute Gasteiger partial charge is 0.508 e. The summed E-state index contributed by atoms with van der Waals surface area (Å²) < 4.78 is 5.76. The Bertz CT molecular complexity index is 878. The molecular formula is C21H20N2O3. The maximum Gasteiger partial charge on any atom is 0.250 e. The second kappa shape index (κ2) is 8.07. The predicted molar refractivity (Wildman–Crippen MR) is 101 cm³/mol. The zero-order valence-corrected chi connectivity index (χ0v) is 14.2. The molecule has 0 atom stereocenters. The number of carbonyl (C=O) groups is 1. The lowest BCUT2D eigenvalue weighted by Gasteiger charge is -2.11. The number of aromatic hydroxyl groups is 1. The molecule has 0 radical (unpaired) electrons. The van der Waals surface area contributed by atoms with E-state index in [0.717, 1.165) is 16.9 Å². The summed E-state index contributed by atoms with van der Waals surface area (Å²) in [6.45, 7) is 1.04. The van der Waals surface area contributed by atoms with Crippen molar-refractivity contribution in [2.75, 3.05) is 5.32 Å². The van der Waals surface area contributed by atoms with Gasteiger partial charge in [0.05, 0.1) is 5.56 Å². The first kappa shape index (κ1) is 17.4. The number of anilines is 1. The fourth-order valence-corrected chi connectivity index (χ4v) is 2.53. The van der Waals surface area contributed by atoms with Crippen molar-refractivity contribution in [1.82, 2.24) is 0 Å². The van der Waals surface area contributed by atoms with Gasteiger partial charge in [-0.1, -0.05) is 42.5 Å². The zero-order chi connectivity index (χ0) is 18.4. The fourth-order valence-electron chi connectivity index (χ4n) is 2.53. The number of carbonyl (C=O) groups excluding carboxylic acids is 1. The molecule has 0 fully saturated rings. The van der Waals surface area contributed by atoms with Crippen LogP contribution >= 0.6 is 0 Å². The second-order valence-electron chi connectivity index (χ2n) is 5.87. The Morgan fingerprint density at radius 2 is 1.69 bits per heavy atom. The van der Waals surface area contributed by atoms with Gasteiger partial charge >= 0.3 is 0 Å². The van der Waals surface area contributed by atoms with E-state index in [1.807, 2.05) is 54.6 Å². The number of benzene rings is 3. The number of amides is 1.